The van der Waals surface area contributed by atoms with Gasteiger partial charge < -0.3 is 19.7 Å². The molecule has 31 heavy (non-hydrogen) atoms. The number of ether oxygens (including phenoxy) is 2. The van der Waals surface area contributed by atoms with Gasteiger partial charge >= 0.3 is 0 Å². The van der Waals surface area contributed by atoms with Crippen molar-refractivity contribution in [2.45, 2.75) is 18.9 Å². The number of carbonyl (C=O) groups excluding carboxylic acids is 2. The molecule has 2 fully saturated rings. The first-order valence-electron chi connectivity index (χ1n) is 10.8. The van der Waals surface area contributed by atoms with E-state index in [1.807, 2.05) is 47.4 Å². The number of amides is 2. The molecule has 1 saturated carbocycles. The fraction of sp³-hybridized carbons (Fsp3) is 0.417. The number of hydrogen-bond donors (Lipinski definition) is 1. The van der Waals surface area contributed by atoms with Crippen molar-refractivity contribution in [2.75, 3.05) is 45.2 Å². The second kappa shape index (κ2) is 8.23. The molecular formula is C24H27N3O4. The van der Waals surface area contributed by atoms with E-state index < -0.39 is 0 Å². The maximum Gasteiger partial charge on any atom is 0.238 e. The molecule has 7 heteroatoms. The van der Waals surface area contributed by atoms with Crippen molar-refractivity contribution < 1.29 is 19.1 Å². The van der Waals surface area contributed by atoms with E-state index in [0.717, 1.165) is 29.7 Å². The van der Waals surface area contributed by atoms with Crippen molar-refractivity contribution in [1.29, 1.82) is 0 Å². The Morgan fingerprint density at radius 2 is 1.97 bits per heavy atom. The van der Waals surface area contributed by atoms with E-state index in [1.165, 1.54) is 0 Å². The molecule has 1 aliphatic carbocycles. The van der Waals surface area contributed by atoms with Gasteiger partial charge in [0.2, 0.25) is 11.8 Å². The number of anilines is 1. The Morgan fingerprint density at radius 1 is 1.13 bits per heavy atom. The summed E-state index contributed by atoms with van der Waals surface area (Å²) in [4.78, 5) is 29.4. The zero-order valence-corrected chi connectivity index (χ0v) is 17.7. The molecule has 3 aliphatic rings. The minimum absolute atomic E-state index is 0.00575. The molecule has 0 spiro atoms. The van der Waals surface area contributed by atoms with Crippen molar-refractivity contribution in [3.8, 4) is 22.6 Å². The van der Waals surface area contributed by atoms with Gasteiger partial charge in [-0.15, -0.1) is 0 Å². The predicted octanol–water partition coefficient (Wildman–Crippen LogP) is 2.62. The standard InChI is InChI=1S/C24H27N3O4/c1-30-20-4-2-3-17(11-20)18-7-8-22-21(12-18)25-23(28)14-26-9-10-27(13-19(26)15-31-22)24(29)16-5-6-16/h2-4,7-8,11-12,16,19H,5-6,9-10,13-15H2,1H3,(H,25,28)/t19-/m1/s1. The van der Waals surface area contributed by atoms with Gasteiger partial charge in [0, 0.05) is 25.6 Å². The van der Waals surface area contributed by atoms with Crippen molar-refractivity contribution in [2.24, 2.45) is 5.92 Å². The van der Waals surface area contributed by atoms with Gasteiger partial charge in [0.25, 0.3) is 0 Å². The molecule has 1 atom stereocenters. The summed E-state index contributed by atoms with van der Waals surface area (Å²) in [5.74, 6) is 1.83. The number of piperazine rings is 1. The van der Waals surface area contributed by atoms with E-state index in [4.69, 9.17) is 9.47 Å². The number of carbonyl (C=O) groups is 2. The summed E-state index contributed by atoms with van der Waals surface area (Å²) in [5, 5.41) is 3.02. The maximum absolute atomic E-state index is 12.8. The average molecular weight is 421 g/mol. The minimum atomic E-state index is -0.0680. The second-order valence-corrected chi connectivity index (χ2v) is 8.48. The Balaban J connectivity index is 1.37. The molecule has 0 unspecified atom stereocenters. The average Bonchev–Trinajstić information content (AvgIpc) is 3.63. The molecule has 2 aromatic carbocycles. The van der Waals surface area contributed by atoms with Crippen LogP contribution in [0.2, 0.25) is 0 Å². The third-order valence-electron chi connectivity index (χ3n) is 6.28. The first-order valence-corrected chi connectivity index (χ1v) is 10.8. The highest BCUT2D eigenvalue weighted by Crippen LogP contribution is 2.34. The fourth-order valence-corrected chi connectivity index (χ4v) is 4.34. The van der Waals surface area contributed by atoms with Gasteiger partial charge in [-0.3, -0.25) is 14.5 Å². The number of rotatable bonds is 3. The zero-order chi connectivity index (χ0) is 21.4. The third kappa shape index (κ3) is 4.23. The zero-order valence-electron chi connectivity index (χ0n) is 17.7. The monoisotopic (exact) mass is 421 g/mol. The van der Waals surface area contributed by atoms with Gasteiger partial charge in [0.1, 0.15) is 18.1 Å². The summed E-state index contributed by atoms with van der Waals surface area (Å²) in [6.07, 6.45) is 2.01. The van der Waals surface area contributed by atoms with Crippen LogP contribution in [0.3, 0.4) is 0 Å². The highest BCUT2D eigenvalue weighted by Gasteiger charge is 2.38. The van der Waals surface area contributed by atoms with E-state index >= 15 is 0 Å². The van der Waals surface area contributed by atoms with Crippen LogP contribution >= 0.6 is 0 Å². The lowest BCUT2D eigenvalue weighted by Gasteiger charge is -2.40. The summed E-state index contributed by atoms with van der Waals surface area (Å²) in [6, 6.07) is 13.6. The second-order valence-electron chi connectivity index (χ2n) is 8.48. The molecule has 2 aromatic rings. The number of nitrogens with one attached hydrogen (secondary N) is 1. The topological polar surface area (TPSA) is 71.1 Å². The van der Waals surface area contributed by atoms with Crippen LogP contribution in [0, 0.1) is 5.92 Å². The van der Waals surface area contributed by atoms with Crippen LogP contribution in [0.25, 0.3) is 11.1 Å². The Labute approximate surface area is 181 Å². The lowest BCUT2D eigenvalue weighted by Crippen LogP contribution is -2.58. The van der Waals surface area contributed by atoms with E-state index in [-0.39, 0.29) is 23.8 Å². The Morgan fingerprint density at radius 3 is 2.77 bits per heavy atom. The molecule has 2 aliphatic heterocycles. The third-order valence-corrected chi connectivity index (χ3v) is 6.28. The van der Waals surface area contributed by atoms with Crippen LogP contribution in [-0.2, 0) is 9.59 Å². The Kier molecular flexibility index (Phi) is 5.28. The van der Waals surface area contributed by atoms with Crippen LogP contribution in [0.1, 0.15) is 12.8 Å². The Bertz CT molecular complexity index is 1000. The molecule has 162 valence electrons. The summed E-state index contributed by atoms with van der Waals surface area (Å²) in [7, 11) is 1.64. The lowest BCUT2D eigenvalue weighted by molar-refractivity contribution is -0.136. The van der Waals surface area contributed by atoms with Crippen molar-refractivity contribution in [3.63, 3.8) is 0 Å². The Hall–Kier alpha value is -3.06. The molecule has 2 heterocycles. The van der Waals surface area contributed by atoms with Gasteiger partial charge in [-0.1, -0.05) is 18.2 Å². The molecule has 1 N–H and O–H groups in total. The van der Waals surface area contributed by atoms with E-state index in [9.17, 15) is 9.59 Å². The van der Waals surface area contributed by atoms with Gasteiger partial charge in [-0.2, -0.15) is 0 Å². The molecule has 0 bridgehead atoms. The summed E-state index contributed by atoms with van der Waals surface area (Å²) >= 11 is 0. The number of nitrogens with zero attached hydrogens (tertiary/aromatic N) is 2. The number of fused-ring (bicyclic) bond motifs is 2. The maximum atomic E-state index is 12.8. The number of hydrogen-bond acceptors (Lipinski definition) is 5. The lowest BCUT2D eigenvalue weighted by atomic mass is 10.0. The first-order chi connectivity index (χ1) is 15.1. The van der Waals surface area contributed by atoms with Crippen molar-refractivity contribution >= 4 is 17.5 Å². The summed E-state index contributed by atoms with van der Waals surface area (Å²) in [5.41, 5.74) is 2.64. The molecule has 0 radical (unpaired) electrons. The fourth-order valence-electron chi connectivity index (χ4n) is 4.34. The largest absolute Gasteiger partial charge is 0.497 e. The van der Waals surface area contributed by atoms with E-state index in [0.29, 0.717) is 44.2 Å². The van der Waals surface area contributed by atoms with Crippen molar-refractivity contribution in [3.05, 3.63) is 42.5 Å². The smallest absolute Gasteiger partial charge is 0.238 e. The van der Waals surface area contributed by atoms with Crippen LogP contribution in [0.15, 0.2) is 42.5 Å². The van der Waals surface area contributed by atoms with Crippen LogP contribution in [-0.4, -0.2) is 67.6 Å². The van der Waals surface area contributed by atoms with Crippen LogP contribution < -0.4 is 14.8 Å². The highest BCUT2D eigenvalue weighted by atomic mass is 16.5. The molecule has 0 aromatic heterocycles. The molecular weight excluding hydrogens is 394 g/mol. The van der Waals surface area contributed by atoms with Crippen LogP contribution in [0.5, 0.6) is 11.5 Å². The normalized spacial score (nSPS) is 21.5. The number of methoxy groups -OCH3 is 1. The molecule has 7 nitrogen and oxygen atoms in total. The van der Waals surface area contributed by atoms with E-state index in [2.05, 4.69) is 10.2 Å². The summed E-state index contributed by atoms with van der Waals surface area (Å²) in [6.45, 7) is 2.70. The molecule has 1 saturated heterocycles. The van der Waals surface area contributed by atoms with Crippen LogP contribution in [0.4, 0.5) is 5.69 Å². The minimum Gasteiger partial charge on any atom is -0.497 e. The van der Waals surface area contributed by atoms with Gasteiger partial charge in [0.15, 0.2) is 0 Å². The van der Waals surface area contributed by atoms with Gasteiger partial charge in [0.05, 0.1) is 25.4 Å². The first kappa shape index (κ1) is 19.9. The molecule has 5 rings (SSSR count). The number of benzene rings is 2. The van der Waals surface area contributed by atoms with E-state index in [1.54, 1.807) is 7.11 Å². The molecule has 2 amide bonds. The quantitative estimate of drug-likeness (QED) is 0.825. The highest BCUT2D eigenvalue weighted by molar-refractivity contribution is 5.94. The summed E-state index contributed by atoms with van der Waals surface area (Å²) < 4.78 is 11.5. The van der Waals surface area contributed by atoms with Gasteiger partial charge in [-0.05, 0) is 48.2 Å². The van der Waals surface area contributed by atoms with Crippen molar-refractivity contribution in [1.82, 2.24) is 9.80 Å². The SMILES string of the molecule is COc1cccc(-c2ccc3c(c2)NC(=O)CN2CCN(C(=O)C4CC4)C[C@@H]2CO3)c1. The predicted molar refractivity (Wildman–Crippen MR) is 117 cm³/mol. The van der Waals surface area contributed by atoms with Gasteiger partial charge in [-0.25, -0.2) is 0 Å².